The summed E-state index contributed by atoms with van der Waals surface area (Å²) in [6.45, 7) is 0.0779. The zero-order valence-electron chi connectivity index (χ0n) is 16.7. The lowest BCUT2D eigenvalue weighted by atomic mass is 9.95. The molecule has 2 aromatic carbocycles. The molecule has 2 heterocycles. The minimum atomic E-state index is -0.956. The van der Waals surface area contributed by atoms with Crippen LogP contribution in [-0.4, -0.2) is 33.8 Å². The number of pyridine rings is 1. The molecule has 156 valence electrons. The van der Waals surface area contributed by atoms with Crippen LogP contribution < -0.4 is 4.74 Å². The number of aromatic nitrogens is 1. The van der Waals surface area contributed by atoms with Crippen molar-refractivity contribution in [1.29, 1.82) is 0 Å². The van der Waals surface area contributed by atoms with E-state index < -0.39 is 23.5 Å². The Morgan fingerprint density at radius 3 is 2.65 bits per heavy atom. The third-order valence-electron chi connectivity index (χ3n) is 5.12. The number of carbonyl (C=O) groups excluding carboxylic acids is 2. The van der Waals surface area contributed by atoms with Crippen molar-refractivity contribution in [3.05, 3.63) is 101 Å². The quantitative estimate of drug-likeness (QED) is 0.387. The fourth-order valence-corrected chi connectivity index (χ4v) is 3.68. The minimum absolute atomic E-state index is 0.0779. The van der Waals surface area contributed by atoms with Crippen molar-refractivity contribution in [3.63, 3.8) is 0 Å². The van der Waals surface area contributed by atoms with Gasteiger partial charge >= 0.3 is 0 Å². The maximum atomic E-state index is 14.0. The molecule has 0 radical (unpaired) electrons. The Morgan fingerprint density at radius 2 is 1.94 bits per heavy atom. The number of methoxy groups -OCH3 is 1. The van der Waals surface area contributed by atoms with Crippen LogP contribution in [-0.2, 0) is 16.1 Å². The molecular weight excluding hydrogens is 399 g/mol. The van der Waals surface area contributed by atoms with Crippen molar-refractivity contribution < 1.29 is 23.8 Å². The van der Waals surface area contributed by atoms with Gasteiger partial charge in [0, 0.05) is 24.5 Å². The van der Waals surface area contributed by atoms with E-state index in [1.807, 2.05) is 0 Å². The molecule has 4 rings (SSSR count). The largest absolute Gasteiger partial charge is 0.507 e. The van der Waals surface area contributed by atoms with Gasteiger partial charge in [-0.05, 0) is 41.5 Å². The van der Waals surface area contributed by atoms with Crippen LogP contribution in [0.5, 0.6) is 5.75 Å². The van der Waals surface area contributed by atoms with Crippen LogP contribution >= 0.6 is 0 Å². The van der Waals surface area contributed by atoms with Gasteiger partial charge < -0.3 is 14.7 Å². The van der Waals surface area contributed by atoms with Gasteiger partial charge in [0.05, 0.1) is 18.7 Å². The number of rotatable bonds is 5. The number of aliphatic hydroxyl groups is 1. The summed E-state index contributed by atoms with van der Waals surface area (Å²) in [5, 5.41) is 11.0. The summed E-state index contributed by atoms with van der Waals surface area (Å²) in [5.41, 5.74) is 1.30. The second-order valence-corrected chi connectivity index (χ2v) is 7.08. The summed E-state index contributed by atoms with van der Waals surface area (Å²) >= 11 is 0. The Hall–Kier alpha value is -4.00. The zero-order chi connectivity index (χ0) is 22.0. The maximum absolute atomic E-state index is 14.0. The van der Waals surface area contributed by atoms with Crippen LogP contribution in [0.2, 0.25) is 0 Å². The number of benzene rings is 2. The second-order valence-electron chi connectivity index (χ2n) is 7.08. The number of aliphatic hydroxyl groups excluding tert-OH is 1. The highest BCUT2D eigenvalue weighted by molar-refractivity contribution is 6.46. The average molecular weight is 418 g/mol. The molecule has 0 saturated carbocycles. The smallest absolute Gasteiger partial charge is 0.295 e. The number of Topliss-reactive ketones (excluding diaryl/α,β-unsaturated/α-hetero) is 1. The molecule has 0 unspecified atom stereocenters. The van der Waals surface area contributed by atoms with E-state index in [4.69, 9.17) is 4.74 Å². The third-order valence-corrected chi connectivity index (χ3v) is 5.12. The zero-order valence-corrected chi connectivity index (χ0v) is 16.7. The molecule has 7 heteroatoms. The summed E-state index contributed by atoms with van der Waals surface area (Å²) in [4.78, 5) is 31.3. The van der Waals surface area contributed by atoms with Gasteiger partial charge in [-0.1, -0.05) is 30.3 Å². The van der Waals surface area contributed by atoms with Gasteiger partial charge in [0.15, 0.2) is 0 Å². The highest BCUT2D eigenvalue weighted by Gasteiger charge is 2.46. The molecule has 31 heavy (non-hydrogen) atoms. The number of nitrogens with zero attached hydrogens (tertiary/aromatic N) is 2. The molecule has 0 spiro atoms. The first-order valence-corrected chi connectivity index (χ1v) is 9.57. The van der Waals surface area contributed by atoms with Gasteiger partial charge in [-0.2, -0.15) is 0 Å². The molecule has 1 aromatic heterocycles. The Morgan fingerprint density at radius 1 is 1.13 bits per heavy atom. The number of ketones is 1. The predicted octanol–water partition coefficient (Wildman–Crippen LogP) is 3.85. The number of hydrogen-bond donors (Lipinski definition) is 1. The predicted molar refractivity (Wildman–Crippen MR) is 111 cm³/mol. The van der Waals surface area contributed by atoms with E-state index in [0.29, 0.717) is 22.4 Å². The lowest BCUT2D eigenvalue weighted by molar-refractivity contribution is -0.140. The molecular formula is C24H19FN2O4. The van der Waals surface area contributed by atoms with Crippen molar-refractivity contribution in [2.75, 3.05) is 7.11 Å². The summed E-state index contributed by atoms with van der Waals surface area (Å²) in [5.74, 6) is -1.98. The summed E-state index contributed by atoms with van der Waals surface area (Å²) in [7, 11) is 1.48. The number of halogens is 1. The standard InChI is InChI=1S/C24H19FN2O4/c1-31-19-9-3-7-17(12-19)22(28)20-21(16-6-2-8-18(25)11-16)27(24(30)23(20)29)14-15-5-4-10-26-13-15/h2-13,21,28H,14H2,1H3/b22-20+/t21-/m1/s1. The van der Waals surface area contributed by atoms with Crippen molar-refractivity contribution in [1.82, 2.24) is 9.88 Å². The molecule has 1 saturated heterocycles. The summed E-state index contributed by atoms with van der Waals surface area (Å²) in [6.07, 6.45) is 3.19. The lowest BCUT2D eigenvalue weighted by Gasteiger charge is -2.25. The van der Waals surface area contributed by atoms with Crippen LogP contribution in [0.1, 0.15) is 22.7 Å². The molecule has 1 aliphatic heterocycles. The van der Waals surface area contributed by atoms with Gasteiger partial charge in [0.25, 0.3) is 11.7 Å². The first kappa shape index (κ1) is 20.3. The number of carbonyl (C=O) groups is 2. The van der Waals surface area contributed by atoms with E-state index in [-0.39, 0.29) is 17.9 Å². The van der Waals surface area contributed by atoms with Gasteiger partial charge in [0.1, 0.15) is 17.3 Å². The SMILES string of the molecule is COc1cccc(/C(O)=C2\C(=O)C(=O)N(Cc3cccnc3)[C@@H]2c2cccc(F)c2)c1. The van der Waals surface area contributed by atoms with Crippen LogP contribution in [0, 0.1) is 5.82 Å². The van der Waals surface area contributed by atoms with Crippen molar-refractivity contribution in [2.45, 2.75) is 12.6 Å². The molecule has 0 aliphatic carbocycles. The number of likely N-dealkylation sites (tertiary alicyclic amines) is 1. The van der Waals surface area contributed by atoms with E-state index in [9.17, 15) is 19.1 Å². The highest BCUT2D eigenvalue weighted by atomic mass is 19.1. The van der Waals surface area contributed by atoms with E-state index in [1.165, 1.54) is 30.2 Å². The van der Waals surface area contributed by atoms with Gasteiger partial charge in [-0.25, -0.2) is 4.39 Å². The first-order valence-electron chi connectivity index (χ1n) is 9.57. The van der Waals surface area contributed by atoms with Gasteiger partial charge in [0.2, 0.25) is 0 Å². The number of ether oxygens (including phenoxy) is 1. The van der Waals surface area contributed by atoms with Crippen molar-refractivity contribution in [3.8, 4) is 5.75 Å². The molecule has 0 bridgehead atoms. The van der Waals surface area contributed by atoms with Crippen molar-refractivity contribution in [2.24, 2.45) is 0 Å². The fourth-order valence-electron chi connectivity index (χ4n) is 3.68. The number of hydrogen-bond acceptors (Lipinski definition) is 5. The van der Waals surface area contributed by atoms with Crippen molar-refractivity contribution >= 4 is 17.4 Å². The monoisotopic (exact) mass is 418 g/mol. The van der Waals surface area contributed by atoms with Gasteiger partial charge in [-0.15, -0.1) is 0 Å². The van der Waals surface area contributed by atoms with E-state index in [0.717, 1.165) is 0 Å². The Balaban J connectivity index is 1.87. The normalized spacial score (nSPS) is 17.7. The molecule has 1 atom stereocenters. The Kier molecular flexibility index (Phi) is 5.49. The van der Waals surface area contributed by atoms with Crippen LogP contribution in [0.15, 0.2) is 78.6 Å². The van der Waals surface area contributed by atoms with Gasteiger partial charge in [-0.3, -0.25) is 14.6 Å². The van der Waals surface area contributed by atoms with E-state index >= 15 is 0 Å². The highest BCUT2D eigenvalue weighted by Crippen LogP contribution is 2.40. The van der Waals surface area contributed by atoms with E-state index in [2.05, 4.69) is 4.98 Å². The maximum Gasteiger partial charge on any atom is 0.295 e. The van der Waals surface area contributed by atoms with Crippen LogP contribution in [0.3, 0.4) is 0 Å². The molecule has 1 N–H and O–H groups in total. The Labute approximate surface area is 178 Å². The molecule has 6 nitrogen and oxygen atoms in total. The van der Waals surface area contributed by atoms with Crippen LogP contribution in [0.4, 0.5) is 4.39 Å². The molecule has 1 fully saturated rings. The molecule has 3 aromatic rings. The van der Waals surface area contributed by atoms with E-state index in [1.54, 1.807) is 54.9 Å². The number of amides is 1. The average Bonchev–Trinajstić information content (AvgIpc) is 3.04. The third kappa shape index (κ3) is 3.90. The molecule has 1 amide bonds. The summed E-state index contributed by atoms with van der Waals surface area (Å²) in [6, 6.07) is 14.7. The van der Waals surface area contributed by atoms with Crippen LogP contribution in [0.25, 0.3) is 5.76 Å². The minimum Gasteiger partial charge on any atom is -0.507 e. The fraction of sp³-hybridized carbons (Fsp3) is 0.125. The molecule has 1 aliphatic rings. The topological polar surface area (TPSA) is 79.7 Å². The lowest BCUT2D eigenvalue weighted by Crippen LogP contribution is -2.29. The Bertz CT molecular complexity index is 1180. The second kappa shape index (κ2) is 8.39. The first-order chi connectivity index (χ1) is 15.0. The summed E-state index contributed by atoms with van der Waals surface area (Å²) < 4.78 is 19.2.